The molecule has 0 amide bonds. The summed E-state index contributed by atoms with van der Waals surface area (Å²) in [6.07, 6.45) is 15.9. The highest BCUT2D eigenvalue weighted by Gasteiger charge is 2.89. The zero-order valence-corrected chi connectivity index (χ0v) is 36.7. The standard InChI is InChI=1S/C53H57N3O7/c1-28(44(59)60)25-50(61)33-17-15-31-24-32-26-51(62)34(16-14-30-12-8-6-9-13-30)41-46(3)20-10-7-11-21-52-43(51)40(47(41,4)22-19-37(46)58)36(57)27-48(52,5)49(42(38(31)33)53(32,52)63)23-18-35(56-45(54)55)39(50)29(49)2/h6,8-9,12-14,16-18,23,25-26,29,34-35,39,41-42,61-63H,11,15,19-22,24,27H2,1-5H3,(H,59,60)(H4,54,55,56)/b16-14+,28-25+/t29-,34+,35-,39+,41-,42-,46-,47-,48-,49+,50+,51-,52+,53+/m1/s1. The number of benzene rings is 1. The highest BCUT2D eigenvalue weighted by molar-refractivity contribution is 6.02. The molecule has 11 rings (SSSR count). The molecule has 1 aromatic carbocycles. The molecule has 0 saturated heterocycles. The first-order chi connectivity index (χ1) is 29.7. The van der Waals surface area contributed by atoms with Crippen molar-refractivity contribution in [3.05, 3.63) is 111 Å². The molecule has 0 aromatic heterocycles. The van der Waals surface area contributed by atoms with Gasteiger partial charge in [-0.15, -0.1) is 11.8 Å². The van der Waals surface area contributed by atoms with E-state index in [1.54, 1.807) is 0 Å². The van der Waals surface area contributed by atoms with Gasteiger partial charge in [0.05, 0.1) is 6.04 Å². The predicted molar refractivity (Wildman–Crippen MR) is 238 cm³/mol. The molecule has 326 valence electrons. The third-order valence-electron chi connectivity index (χ3n) is 19.2. The van der Waals surface area contributed by atoms with Crippen LogP contribution in [0.4, 0.5) is 0 Å². The Morgan fingerprint density at radius 1 is 1.02 bits per heavy atom. The van der Waals surface area contributed by atoms with Crippen LogP contribution in [-0.4, -0.2) is 66.8 Å². The number of Topliss-reactive ketones (excluding diaryl/α,β-unsaturated/α-hetero) is 2. The summed E-state index contributed by atoms with van der Waals surface area (Å²) in [5.74, 6) is 2.30. The van der Waals surface area contributed by atoms with E-state index in [-0.39, 0.29) is 42.4 Å². The van der Waals surface area contributed by atoms with Gasteiger partial charge >= 0.3 is 5.97 Å². The Bertz CT molecular complexity index is 2710. The summed E-state index contributed by atoms with van der Waals surface area (Å²) in [5, 5.41) is 53.2. The summed E-state index contributed by atoms with van der Waals surface area (Å²) in [4.78, 5) is 47.9. The van der Waals surface area contributed by atoms with Gasteiger partial charge in [0.2, 0.25) is 0 Å². The smallest absolute Gasteiger partial charge is 0.331 e. The van der Waals surface area contributed by atoms with E-state index >= 15 is 4.79 Å². The zero-order chi connectivity index (χ0) is 44.7. The highest BCUT2D eigenvalue weighted by atomic mass is 16.4. The molecule has 63 heavy (non-hydrogen) atoms. The van der Waals surface area contributed by atoms with E-state index in [0.717, 1.165) is 16.7 Å². The van der Waals surface area contributed by atoms with Gasteiger partial charge in [-0.2, -0.15) is 0 Å². The number of nitrogens with zero attached hydrogens (tertiary/aromatic N) is 1. The highest BCUT2D eigenvalue weighted by Crippen LogP contribution is 2.89. The van der Waals surface area contributed by atoms with Crippen molar-refractivity contribution in [1.29, 1.82) is 0 Å². The number of aliphatic imine (C=N–C) groups is 1. The van der Waals surface area contributed by atoms with Crippen LogP contribution in [0.25, 0.3) is 6.08 Å². The minimum Gasteiger partial charge on any atom is -0.478 e. The van der Waals surface area contributed by atoms with E-state index in [4.69, 9.17) is 16.5 Å². The molecule has 3 saturated carbocycles. The van der Waals surface area contributed by atoms with Gasteiger partial charge in [0, 0.05) is 76.2 Å². The van der Waals surface area contributed by atoms with Crippen LogP contribution < -0.4 is 11.5 Å². The largest absolute Gasteiger partial charge is 0.478 e. The second kappa shape index (κ2) is 12.4. The lowest BCUT2D eigenvalue weighted by atomic mass is 9.33. The van der Waals surface area contributed by atoms with Crippen LogP contribution in [0.15, 0.2) is 111 Å². The average molecular weight is 848 g/mol. The number of aliphatic carboxylic acids is 1. The Hall–Kier alpha value is -5.08. The lowest BCUT2D eigenvalue weighted by Gasteiger charge is -2.70. The topological polar surface area (TPSA) is 197 Å². The number of guanidine groups is 1. The van der Waals surface area contributed by atoms with Gasteiger partial charge in [0.15, 0.2) is 11.7 Å². The number of fused-ring (bicyclic) bond motifs is 1. The maximum absolute atomic E-state index is 16.1. The van der Waals surface area contributed by atoms with Gasteiger partial charge in [-0.05, 0) is 89.9 Å². The van der Waals surface area contributed by atoms with Crippen LogP contribution in [0.1, 0.15) is 91.5 Å². The third kappa shape index (κ3) is 4.34. The number of carbonyl (C=O) groups excluding carboxylic acids is 2. The molecule has 10 nitrogen and oxygen atoms in total. The van der Waals surface area contributed by atoms with E-state index in [2.05, 4.69) is 37.8 Å². The van der Waals surface area contributed by atoms with E-state index in [1.165, 1.54) is 13.0 Å². The van der Waals surface area contributed by atoms with Crippen LogP contribution in [0.5, 0.6) is 0 Å². The summed E-state index contributed by atoms with van der Waals surface area (Å²) in [7, 11) is 0. The first-order valence-electron chi connectivity index (χ1n) is 22.8. The van der Waals surface area contributed by atoms with Crippen molar-refractivity contribution in [2.45, 2.75) is 109 Å². The van der Waals surface area contributed by atoms with E-state index in [0.29, 0.717) is 54.4 Å². The molecule has 8 N–H and O–H groups in total. The molecule has 8 bridgehead atoms. The van der Waals surface area contributed by atoms with Crippen LogP contribution in [0.2, 0.25) is 0 Å². The van der Waals surface area contributed by atoms with E-state index in [1.807, 2.05) is 68.5 Å². The third-order valence-corrected chi connectivity index (χ3v) is 19.2. The maximum atomic E-state index is 16.1. The van der Waals surface area contributed by atoms with Crippen molar-refractivity contribution < 1.29 is 34.8 Å². The van der Waals surface area contributed by atoms with Gasteiger partial charge in [-0.25, -0.2) is 9.79 Å². The van der Waals surface area contributed by atoms with Crippen molar-refractivity contribution in [3.63, 3.8) is 0 Å². The van der Waals surface area contributed by atoms with Gasteiger partial charge in [-0.3, -0.25) is 9.59 Å². The van der Waals surface area contributed by atoms with Crippen molar-refractivity contribution in [1.82, 2.24) is 0 Å². The molecular formula is C53H57N3O7. The average Bonchev–Trinajstić information content (AvgIpc) is 3.68. The summed E-state index contributed by atoms with van der Waals surface area (Å²) in [5.41, 5.74) is 6.65. The first kappa shape index (κ1) is 40.7. The number of aliphatic hydroxyl groups is 3. The predicted octanol–water partition coefficient (Wildman–Crippen LogP) is 6.06. The molecule has 10 aliphatic carbocycles. The lowest BCUT2D eigenvalue weighted by Crippen LogP contribution is -2.72. The summed E-state index contributed by atoms with van der Waals surface area (Å²) >= 11 is 0. The summed E-state index contributed by atoms with van der Waals surface area (Å²) in [6.45, 7) is 9.80. The molecule has 0 radical (unpaired) electrons. The number of nitrogens with two attached hydrogens (primary N) is 2. The quantitative estimate of drug-likeness (QED) is 0.0671. The van der Waals surface area contributed by atoms with Gasteiger partial charge in [0.1, 0.15) is 22.6 Å². The van der Waals surface area contributed by atoms with E-state index < -0.39 is 85.5 Å². The van der Waals surface area contributed by atoms with Gasteiger partial charge in [-0.1, -0.05) is 94.0 Å². The van der Waals surface area contributed by atoms with Gasteiger partial charge < -0.3 is 31.9 Å². The number of allylic oxidation sites excluding steroid dienone is 4. The minimum absolute atomic E-state index is 0.0391. The molecule has 1 aromatic rings. The number of hydrogen-bond donors (Lipinski definition) is 6. The minimum atomic E-state index is -1.89. The molecule has 10 aliphatic rings. The fraction of sp³-hybridized carbons (Fsp3) is 0.509. The number of carboxylic acid groups (broad SMARTS) is 1. The number of rotatable bonds is 5. The second-order valence-corrected chi connectivity index (χ2v) is 21.5. The fourth-order valence-corrected chi connectivity index (χ4v) is 17.2. The van der Waals surface area contributed by atoms with Crippen LogP contribution in [0.3, 0.4) is 0 Å². The molecule has 3 fully saturated rings. The fourth-order valence-electron chi connectivity index (χ4n) is 17.2. The summed E-state index contributed by atoms with van der Waals surface area (Å²) < 4.78 is 0. The van der Waals surface area contributed by atoms with Crippen LogP contribution >= 0.6 is 0 Å². The Morgan fingerprint density at radius 2 is 1.76 bits per heavy atom. The monoisotopic (exact) mass is 847 g/mol. The van der Waals surface area contributed by atoms with Crippen LogP contribution in [0, 0.1) is 68.5 Å². The normalized spacial score (nSPS) is 47.1. The number of carbonyl (C=O) groups is 3. The second-order valence-electron chi connectivity index (χ2n) is 21.5. The van der Waals surface area contributed by atoms with Crippen molar-refractivity contribution in [2.75, 3.05) is 0 Å². The molecule has 0 heterocycles. The van der Waals surface area contributed by atoms with E-state index in [9.17, 15) is 30.0 Å². The molecule has 0 aliphatic heterocycles. The molecule has 0 unspecified atom stereocenters. The Morgan fingerprint density at radius 3 is 2.48 bits per heavy atom. The van der Waals surface area contributed by atoms with Crippen molar-refractivity contribution in [2.24, 2.45) is 73.1 Å². The first-order valence-corrected chi connectivity index (χ1v) is 22.8. The van der Waals surface area contributed by atoms with Crippen molar-refractivity contribution in [3.8, 4) is 11.8 Å². The SMILES string of the molecule is C/C(=C\[C@]1(O)C2=CCC3=C2[C@@H]2[C@@]4(C=C[C@@H](N=C(N)N)[C@@H]1[C@H]4C)[C@@]1(C)CC(=O)C4=C5[C@@]16CCC#CC[C@]1(C)C(=O)CC[C@@]4(C)[C@@H]1[C@H](/C=C/c1ccccc1)[C@]5(O)C=C(C3)[C@]26O)C(=O)O. The van der Waals surface area contributed by atoms with Crippen LogP contribution in [-0.2, 0) is 14.4 Å². The molecular weight excluding hydrogens is 791 g/mol. The molecule has 14 atom stereocenters. The maximum Gasteiger partial charge on any atom is 0.331 e. The number of hydrogen-bond acceptors (Lipinski definition) is 7. The van der Waals surface area contributed by atoms with Gasteiger partial charge in [0.25, 0.3) is 0 Å². The number of carboxylic acids is 1. The molecule has 10 heteroatoms. The molecule has 2 spiro atoms. The Kier molecular flexibility index (Phi) is 7.99. The van der Waals surface area contributed by atoms with Crippen molar-refractivity contribution >= 4 is 29.6 Å². The Balaban J connectivity index is 1.31. The lowest BCUT2D eigenvalue weighted by molar-refractivity contribution is -0.172. The zero-order valence-electron chi connectivity index (χ0n) is 36.7. The summed E-state index contributed by atoms with van der Waals surface area (Å²) in [6, 6.07) is 9.14. The number of ketones is 2. The Labute approximate surface area is 368 Å².